The predicted octanol–water partition coefficient (Wildman–Crippen LogP) is 1.32. The number of phenolic OH excluding ortho intramolecular Hbond substituents is 1. The highest BCUT2D eigenvalue weighted by atomic mass is 16.6. The van der Waals surface area contributed by atoms with Gasteiger partial charge < -0.3 is 41.1 Å². The molecule has 232 valence electrons. The molecule has 3 aliphatic rings. The number of aliphatic hydroxyl groups is 3. The van der Waals surface area contributed by atoms with Crippen molar-refractivity contribution in [1.29, 1.82) is 0 Å². The molecule has 2 aromatic carbocycles. The summed E-state index contributed by atoms with van der Waals surface area (Å²) in [7, 11) is 6.59. The number of ketones is 2. The Morgan fingerprint density at radius 2 is 1.75 bits per heavy atom. The van der Waals surface area contributed by atoms with Crippen molar-refractivity contribution >= 4 is 35.0 Å². The second kappa shape index (κ2) is 11.0. The Bertz CT molecular complexity index is 1650. The maximum atomic E-state index is 14.1. The van der Waals surface area contributed by atoms with Crippen LogP contribution >= 0.6 is 0 Å². The van der Waals surface area contributed by atoms with Crippen LogP contribution in [0.5, 0.6) is 11.5 Å². The van der Waals surface area contributed by atoms with Crippen LogP contribution in [-0.4, -0.2) is 88.7 Å². The average molecular weight is 607 g/mol. The van der Waals surface area contributed by atoms with Gasteiger partial charge >= 0.3 is 6.09 Å². The first-order valence-corrected chi connectivity index (χ1v) is 13.9. The highest BCUT2D eigenvalue weighted by Gasteiger charge is 2.64. The summed E-state index contributed by atoms with van der Waals surface area (Å²) in [5.41, 5.74) is 2.75. The van der Waals surface area contributed by atoms with Gasteiger partial charge in [0.25, 0.3) is 5.91 Å². The van der Waals surface area contributed by atoms with Crippen LogP contribution in [0.4, 0.5) is 10.5 Å². The summed E-state index contributed by atoms with van der Waals surface area (Å²) in [5, 5.41) is 48.3. The van der Waals surface area contributed by atoms with Gasteiger partial charge in [-0.25, -0.2) is 4.79 Å². The lowest BCUT2D eigenvalue weighted by molar-refractivity contribution is -0.153. The van der Waals surface area contributed by atoms with Crippen LogP contribution in [0.1, 0.15) is 23.1 Å². The van der Waals surface area contributed by atoms with Gasteiger partial charge in [-0.2, -0.15) is 0 Å². The number of likely N-dealkylation sites (N-methyl/N-ethyl adjacent to an activating group) is 1. The van der Waals surface area contributed by atoms with E-state index in [9.17, 15) is 39.6 Å². The molecule has 13 nitrogen and oxygen atoms in total. The molecule has 0 spiro atoms. The van der Waals surface area contributed by atoms with E-state index >= 15 is 0 Å². The first kappa shape index (κ1) is 30.6. The first-order valence-electron chi connectivity index (χ1n) is 13.9. The standard InChI is InChI=1S/C31H34N4O9/c1-34(2)19-12-15(13-33-30(42)44-16-8-6-5-7-9-16)24(36)21-17(19)10-14-11-18-23(35(3)4)26(38)22(29(32)41)28(40)31(18,43)27(39)20(14)25(21)37/h5-9,12,14,18,23,36-37,40,43H,10-11,13H2,1-4H3,(H2,32,41)(H,33,42)/t14-,18-,23?,31-/m1/s1. The molecule has 5 rings (SSSR count). The van der Waals surface area contributed by atoms with Crippen molar-refractivity contribution in [1.82, 2.24) is 10.2 Å². The lowest BCUT2D eigenvalue weighted by Crippen LogP contribution is -2.65. The Balaban J connectivity index is 1.59. The number of nitrogens with zero attached hydrogens (tertiary/aromatic N) is 2. The normalized spacial score (nSPS) is 24.5. The van der Waals surface area contributed by atoms with Gasteiger partial charge in [-0.1, -0.05) is 18.2 Å². The fourth-order valence-electron chi connectivity index (χ4n) is 6.68. The number of nitrogens with two attached hydrogens (primary N) is 1. The Morgan fingerprint density at radius 3 is 2.34 bits per heavy atom. The summed E-state index contributed by atoms with van der Waals surface area (Å²) >= 11 is 0. The predicted molar refractivity (Wildman–Crippen MR) is 158 cm³/mol. The van der Waals surface area contributed by atoms with Crippen molar-refractivity contribution in [2.45, 2.75) is 31.0 Å². The third-order valence-electron chi connectivity index (χ3n) is 8.63. The minimum atomic E-state index is -2.73. The number of fused-ring (bicyclic) bond motifs is 3. The van der Waals surface area contributed by atoms with Gasteiger partial charge in [0.2, 0.25) is 5.78 Å². The number of ether oxygens (including phenoxy) is 1. The van der Waals surface area contributed by atoms with Gasteiger partial charge in [-0.05, 0) is 56.6 Å². The number of anilines is 1. The lowest BCUT2D eigenvalue weighted by atomic mass is 9.57. The molecule has 0 bridgehead atoms. The number of hydrogen-bond donors (Lipinski definition) is 6. The van der Waals surface area contributed by atoms with Gasteiger partial charge in [-0.15, -0.1) is 0 Å². The third kappa shape index (κ3) is 4.64. The van der Waals surface area contributed by atoms with E-state index in [1.54, 1.807) is 69.5 Å². The van der Waals surface area contributed by atoms with Crippen molar-refractivity contribution in [2.75, 3.05) is 33.1 Å². The number of nitrogens with one attached hydrogen (secondary N) is 1. The third-order valence-corrected chi connectivity index (χ3v) is 8.63. The molecule has 13 heteroatoms. The van der Waals surface area contributed by atoms with E-state index in [2.05, 4.69) is 5.32 Å². The molecule has 0 aromatic heterocycles. The summed E-state index contributed by atoms with van der Waals surface area (Å²) in [6.07, 6.45) is -0.666. The molecule has 0 radical (unpaired) electrons. The van der Waals surface area contributed by atoms with E-state index in [4.69, 9.17) is 10.5 Å². The molecule has 0 saturated heterocycles. The summed E-state index contributed by atoms with van der Waals surface area (Å²) in [5.74, 6) is -6.95. The SMILES string of the molecule is CN(C)c1cc(CNC(=O)Oc2ccccc2)c(O)c2c1C[C@@H]1C[C@@H]3C(N(C)C)C(=O)C(C(N)=O)=C(O)[C@]3(O)C(=O)C1=C2O. The second-order valence-corrected chi connectivity index (χ2v) is 11.7. The molecule has 1 fully saturated rings. The molecular formula is C31H34N4O9. The van der Waals surface area contributed by atoms with Crippen LogP contribution in [0.15, 0.2) is 53.3 Å². The topological polar surface area (TPSA) is 203 Å². The van der Waals surface area contributed by atoms with E-state index in [-0.39, 0.29) is 36.1 Å². The number of carbonyl (C=O) groups excluding carboxylic acids is 4. The number of rotatable bonds is 6. The highest BCUT2D eigenvalue weighted by molar-refractivity contribution is 6.24. The summed E-state index contributed by atoms with van der Waals surface area (Å²) in [6, 6.07) is 8.85. The Morgan fingerprint density at radius 1 is 1.09 bits per heavy atom. The molecule has 4 atom stereocenters. The summed E-state index contributed by atoms with van der Waals surface area (Å²) in [4.78, 5) is 55.2. The van der Waals surface area contributed by atoms with E-state index in [0.29, 0.717) is 17.0 Å². The fraction of sp³-hybridized carbons (Fsp3) is 0.355. The number of phenols is 1. The molecule has 44 heavy (non-hydrogen) atoms. The van der Waals surface area contributed by atoms with E-state index in [1.165, 1.54) is 4.90 Å². The minimum absolute atomic E-state index is 0.0198. The maximum Gasteiger partial charge on any atom is 0.412 e. The van der Waals surface area contributed by atoms with E-state index in [1.807, 2.05) is 0 Å². The zero-order valence-electron chi connectivity index (χ0n) is 24.6. The number of primary amides is 1. The number of amides is 2. The van der Waals surface area contributed by atoms with Gasteiger partial charge in [0.15, 0.2) is 11.4 Å². The van der Waals surface area contributed by atoms with E-state index < -0.39 is 69.9 Å². The summed E-state index contributed by atoms with van der Waals surface area (Å²) < 4.78 is 5.24. The quantitative estimate of drug-likeness (QED) is 0.259. The largest absolute Gasteiger partial charge is 0.508 e. The summed E-state index contributed by atoms with van der Waals surface area (Å²) in [6.45, 7) is -0.199. The van der Waals surface area contributed by atoms with Crippen molar-refractivity contribution in [3.8, 4) is 11.5 Å². The molecule has 3 aliphatic carbocycles. The van der Waals surface area contributed by atoms with Crippen molar-refractivity contribution in [3.05, 3.63) is 70.0 Å². The van der Waals surface area contributed by atoms with Crippen LogP contribution in [0, 0.1) is 11.8 Å². The zero-order valence-corrected chi connectivity index (χ0v) is 24.6. The number of Topliss-reactive ketones (excluding diaryl/α,β-unsaturated/α-hetero) is 2. The van der Waals surface area contributed by atoms with Gasteiger partial charge in [-0.3, -0.25) is 19.3 Å². The fourth-order valence-corrected chi connectivity index (χ4v) is 6.68. The minimum Gasteiger partial charge on any atom is -0.508 e. The van der Waals surface area contributed by atoms with E-state index in [0.717, 1.165) is 0 Å². The number of hydrogen-bond acceptors (Lipinski definition) is 11. The smallest absolute Gasteiger partial charge is 0.412 e. The molecule has 0 heterocycles. The second-order valence-electron chi connectivity index (χ2n) is 11.7. The number of para-hydroxylation sites is 1. The number of aromatic hydroxyl groups is 1. The monoisotopic (exact) mass is 606 g/mol. The molecule has 0 aliphatic heterocycles. The molecular weight excluding hydrogens is 572 g/mol. The molecule has 7 N–H and O–H groups in total. The average Bonchev–Trinajstić information content (AvgIpc) is 2.94. The Kier molecular flexibility index (Phi) is 7.64. The molecule has 1 saturated carbocycles. The van der Waals surface area contributed by atoms with Crippen LogP contribution in [0.3, 0.4) is 0 Å². The van der Waals surface area contributed by atoms with Crippen molar-refractivity contribution in [2.24, 2.45) is 17.6 Å². The van der Waals surface area contributed by atoms with Gasteiger partial charge in [0.1, 0.15) is 28.6 Å². The van der Waals surface area contributed by atoms with Gasteiger partial charge in [0, 0.05) is 43.4 Å². The first-order chi connectivity index (χ1) is 20.7. The van der Waals surface area contributed by atoms with Gasteiger partial charge in [0.05, 0.1) is 11.6 Å². The van der Waals surface area contributed by atoms with Crippen LogP contribution in [0.2, 0.25) is 0 Å². The number of carbonyl (C=O) groups is 4. The number of aliphatic hydroxyl groups excluding tert-OH is 2. The molecule has 2 aromatic rings. The van der Waals surface area contributed by atoms with Crippen molar-refractivity contribution < 1.29 is 44.3 Å². The maximum absolute atomic E-state index is 14.1. The number of benzene rings is 2. The van der Waals surface area contributed by atoms with Crippen LogP contribution in [0.25, 0.3) is 5.76 Å². The zero-order chi connectivity index (χ0) is 32.2. The van der Waals surface area contributed by atoms with Crippen molar-refractivity contribution in [3.63, 3.8) is 0 Å². The molecule has 2 amide bonds. The highest BCUT2D eigenvalue weighted by Crippen LogP contribution is 2.54. The Labute approximate surface area is 252 Å². The molecule has 1 unspecified atom stereocenters. The Hall–Kier alpha value is -4.88. The van der Waals surface area contributed by atoms with Crippen LogP contribution in [-0.2, 0) is 27.3 Å². The van der Waals surface area contributed by atoms with Crippen LogP contribution < -0.4 is 20.7 Å². The lowest BCUT2D eigenvalue weighted by Gasteiger charge is -2.50.